The summed E-state index contributed by atoms with van der Waals surface area (Å²) in [5, 5.41) is 0. The second-order valence-electron chi connectivity index (χ2n) is 2.52. The molecule has 2 rings (SSSR count). The number of benzene rings is 1. The van der Waals surface area contributed by atoms with Crippen molar-refractivity contribution in [2.75, 3.05) is 18.9 Å². The molecule has 0 unspecified atom stereocenters. The van der Waals surface area contributed by atoms with Gasteiger partial charge < -0.3 is 15.2 Å². The molecule has 1 aromatic carbocycles. The van der Waals surface area contributed by atoms with E-state index in [1.165, 1.54) is 0 Å². The minimum absolute atomic E-state index is 0. The third-order valence-electron chi connectivity index (χ3n) is 1.66. The van der Waals surface area contributed by atoms with Gasteiger partial charge in [-0.2, -0.15) is 0 Å². The standard InChI is InChI=1S/C8H8BrNO2.ClH/c9-5-3-7-8(4-6(5)10)12-2-1-11-7;/h3-4H,1-2,10H2;1H. The first-order chi connectivity index (χ1) is 5.77. The normalized spacial score (nSPS) is 13.3. The Balaban J connectivity index is 0.000000845. The summed E-state index contributed by atoms with van der Waals surface area (Å²) in [6, 6.07) is 3.59. The molecule has 0 saturated heterocycles. The number of halogens is 2. The fourth-order valence-electron chi connectivity index (χ4n) is 1.08. The van der Waals surface area contributed by atoms with Gasteiger partial charge >= 0.3 is 0 Å². The van der Waals surface area contributed by atoms with E-state index >= 15 is 0 Å². The summed E-state index contributed by atoms with van der Waals surface area (Å²) >= 11 is 3.31. The van der Waals surface area contributed by atoms with E-state index in [-0.39, 0.29) is 12.4 Å². The fourth-order valence-corrected chi connectivity index (χ4v) is 1.40. The van der Waals surface area contributed by atoms with Crippen LogP contribution in [0.5, 0.6) is 11.5 Å². The molecule has 1 heterocycles. The molecule has 2 N–H and O–H groups in total. The monoisotopic (exact) mass is 265 g/mol. The number of nitrogens with two attached hydrogens (primary N) is 1. The van der Waals surface area contributed by atoms with E-state index in [2.05, 4.69) is 15.9 Å². The molecule has 0 aromatic heterocycles. The van der Waals surface area contributed by atoms with Gasteiger partial charge in [-0.25, -0.2) is 0 Å². The van der Waals surface area contributed by atoms with Crippen molar-refractivity contribution in [2.24, 2.45) is 0 Å². The van der Waals surface area contributed by atoms with Gasteiger partial charge in [-0.15, -0.1) is 12.4 Å². The number of fused-ring (bicyclic) bond motifs is 1. The molecular weight excluding hydrogens is 257 g/mol. The van der Waals surface area contributed by atoms with Crippen molar-refractivity contribution >= 4 is 34.0 Å². The maximum atomic E-state index is 5.66. The summed E-state index contributed by atoms with van der Waals surface area (Å²) in [6.07, 6.45) is 0. The third-order valence-corrected chi connectivity index (χ3v) is 2.35. The van der Waals surface area contributed by atoms with Crippen LogP contribution in [-0.4, -0.2) is 13.2 Å². The molecule has 0 saturated carbocycles. The van der Waals surface area contributed by atoms with Gasteiger partial charge in [0.2, 0.25) is 0 Å². The molecule has 13 heavy (non-hydrogen) atoms. The predicted octanol–water partition coefficient (Wildman–Crippen LogP) is 2.22. The van der Waals surface area contributed by atoms with Crippen LogP contribution in [0.15, 0.2) is 16.6 Å². The maximum absolute atomic E-state index is 5.66. The molecule has 0 atom stereocenters. The molecule has 72 valence electrons. The van der Waals surface area contributed by atoms with E-state index in [4.69, 9.17) is 15.2 Å². The highest BCUT2D eigenvalue weighted by atomic mass is 79.9. The number of anilines is 1. The van der Waals surface area contributed by atoms with E-state index in [9.17, 15) is 0 Å². The van der Waals surface area contributed by atoms with Crippen LogP contribution in [0.2, 0.25) is 0 Å². The summed E-state index contributed by atoms with van der Waals surface area (Å²) in [6.45, 7) is 1.19. The van der Waals surface area contributed by atoms with Crippen molar-refractivity contribution in [2.45, 2.75) is 0 Å². The van der Waals surface area contributed by atoms with Crippen LogP contribution < -0.4 is 15.2 Å². The second-order valence-corrected chi connectivity index (χ2v) is 3.37. The van der Waals surface area contributed by atoms with Gasteiger partial charge in [0.25, 0.3) is 0 Å². The number of nitrogen functional groups attached to an aromatic ring is 1. The Morgan fingerprint density at radius 2 is 1.69 bits per heavy atom. The number of ether oxygens (including phenoxy) is 2. The Morgan fingerprint density at radius 1 is 1.15 bits per heavy atom. The van der Waals surface area contributed by atoms with E-state index in [0.717, 1.165) is 16.0 Å². The van der Waals surface area contributed by atoms with E-state index < -0.39 is 0 Å². The lowest BCUT2D eigenvalue weighted by Gasteiger charge is -2.18. The van der Waals surface area contributed by atoms with Crippen LogP contribution in [0, 0.1) is 0 Å². The minimum Gasteiger partial charge on any atom is -0.486 e. The Hall–Kier alpha value is -0.610. The molecule has 0 aliphatic carbocycles. The Bertz CT molecular complexity index is 288. The van der Waals surface area contributed by atoms with Crippen molar-refractivity contribution in [3.63, 3.8) is 0 Å². The number of rotatable bonds is 0. The summed E-state index contributed by atoms with van der Waals surface area (Å²) in [5.41, 5.74) is 6.33. The minimum atomic E-state index is 0. The average Bonchev–Trinajstić information content (AvgIpc) is 2.07. The van der Waals surface area contributed by atoms with Crippen LogP contribution in [0.4, 0.5) is 5.69 Å². The zero-order chi connectivity index (χ0) is 8.55. The molecule has 0 fully saturated rings. The molecule has 3 nitrogen and oxygen atoms in total. The lowest BCUT2D eigenvalue weighted by atomic mass is 10.3. The maximum Gasteiger partial charge on any atom is 0.163 e. The van der Waals surface area contributed by atoms with Gasteiger partial charge in [0.15, 0.2) is 11.5 Å². The van der Waals surface area contributed by atoms with Crippen LogP contribution in [0.3, 0.4) is 0 Å². The first-order valence-electron chi connectivity index (χ1n) is 3.62. The van der Waals surface area contributed by atoms with Crippen LogP contribution >= 0.6 is 28.3 Å². The van der Waals surface area contributed by atoms with E-state index in [0.29, 0.717) is 18.9 Å². The summed E-state index contributed by atoms with van der Waals surface area (Å²) in [5.74, 6) is 1.48. The Kier molecular flexibility index (Phi) is 3.27. The molecule has 1 aromatic rings. The van der Waals surface area contributed by atoms with Gasteiger partial charge in [-0.1, -0.05) is 0 Å². The number of hydrogen-bond acceptors (Lipinski definition) is 3. The summed E-state index contributed by atoms with van der Waals surface area (Å²) < 4.78 is 11.5. The lowest BCUT2D eigenvalue weighted by Crippen LogP contribution is -2.15. The Labute approximate surface area is 90.7 Å². The van der Waals surface area contributed by atoms with Crippen LogP contribution in [0.1, 0.15) is 0 Å². The average molecular weight is 267 g/mol. The topological polar surface area (TPSA) is 44.5 Å². The summed E-state index contributed by atoms with van der Waals surface area (Å²) in [7, 11) is 0. The smallest absolute Gasteiger partial charge is 0.163 e. The first-order valence-corrected chi connectivity index (χ1v) is 4.41. The largest absolute Gasteiger partial charge is 0.486 e. The first kappa shape index (κ1) is 10.5. The second kappa shape index (κ2) is 4.07. The molecule has 0 amide bonds. The fraction of sp³-hybridized carbons (Fsp3) is 0.250. The van der Waals surface area contributed by atoms with Gasteiger partial charge in [0, 0.05) is 22.3 Å². The van der Waals surface area contributed by atoms with Crippen LogP contribution in [-0.2, 0) is 0 Å². The van der Waals surface area contributed by atoms with Crippen LogP contribution in [0.25, 0.3) is 0 Å². The molecule has 0 spiro atoms. The van der Waals surface area contributed by atoms with E-state index in [1.54, 1.807) is 6.07 Å². The number of hydrogen-bond donors (Lipinski definition) is 1. The molecular formula is C8H9BrClNO2. The lowest BCUT2D eigenvalue weighted by molar-refractivity contribution is 0.171. The molecule has 1 aliphatic heterocycles. The molecule has 0 bridgehead atoms. The Morgan fingerprint density at radius 3 is 2.31 bits per heavy atom. The zero-order valence-corrected chi connectivity index (χ0v) is 9.15. The van der Waals surface area contributed by atoms with Crippen molar-refractivity contribution in [3.05, 3.63) is 16.6 Å². The van der Waals surface area contributed by atoms with Gasteiger partial charge in [-0.3, -0.25) is 0 Å². The quantitative estimate of drug-likeness (QED) is 0.732. The molecule has 1 aliphatic rings. The van der Waals surface area contributed by atoms with Gasteiger partial charge in [-0.05, 0) is 15.9 Å². The highest BCUT2D eigenvalue weighted by Gasteiger charge is 2.12. The van der Waals surface area contributed by atoms with Crippen molar-refractivity contribution in [1.82, 2.24) is 0 Å². The van der Waals surface area contributed by atoms with Gasteiger partial charge in [0.05, 0.1) is 0 Å². The SMILES string of the molecule is Cl.Nc1cc2c(cc1Br)OCCO2. The molecule has 5 heteroatoms. The van der Waals surface area contributed by atoms with Crippen molar-refractivity contribution in [1.29, 1.82) is 0 Å². The highest BCUT2D eigenvalue weighted by molar-refractivity contribution is 9.10. The molecule has 0 radical (unpaired) electrons. The van der Waals surface area contributed by atoms with E-state index in [1.807, 2.05) is 6.07 Å². The third kappa shape index (κ3) is 2.00. The van der Waals surface area contributed by atoms with Crippen molar-refractivity contribution < 1.29 is 9.47 Å². The van der Waals surface area contributed by atoms with Crippen molar-refractivity contribution in [3.8, 4) is 11.5 Å². The zero-order valence-electron chi connectivity index (χ0n) is 6.75. The van der Waals surface area contributed by atoms with Gasteiger partial charge in [0.1, 0.15) is 13.2 Å². The summed E-state index contributed by atoms with van der Waals surface area (Å²) in [4.78, 5) is 0. The highest BCUT2D eigenvalue weighted by Crippen LogP contribution is 2.36. The predicted molar refractivity (Wildman–Crippen MR) is 56.8 cm³/mol.